The first-order valence-electron chi connectivity index (χ1n) is 7.56. The van der Waals surface area contributed by atoms with Crippen LogP contribution in [0.25, 0.3) is 0 Å². The van der Waals surface area contributed by atoms with Crippen molar-refractivity contribution in [3.63, 3.8) is 0 Å². The van der Waals surface area contributed by atoms with Gasteiger partial charge in [0.05, 0.1) is 22.5 Å². The number of thiazole rings is 1. The molecule has 0 aromatic carbocycles. The first kappa shape index (κ1) is 14.5. The van der Waals surface area contributed by atoms with Gasteiger partial charge in [-0.15, -0.1) is 11.3 Å². The van der Waals surface area contributed by atoms with Crippen LogP contribution in [-0.4, -0.2) is 40.0 Å². The van der Waals surface area contributed by atoms with Crippen molar-refractivity contribution in [1.29, 1.82) is 0 Å². The molecule has 1 aromatic rings. The molecule has 1 aromatic heterocycles. The van der Waals surface area contributed by atoms with E-state index >= 15 is 0 Å². The van der Waals surface area contributed by atoms with Crippen LogP contribution in [0.15, 0.2) is 5.38 Å². The number of likely N-dealkylation sites (tertiary alicyclic amines) is 1. The average molecular weight is 308 g/mol. The van der Waals surface area contributed by atoms with Crippen LogP contribution in [0.3, 0.4) is 0 Å². The highest BCUT2D eigenvalue weighted by Crippen LogP contribution is 2.41. The molecule has 3 rings (SSSR count). The van der Waals surface area contributed by atoms with E-state index in [1.807, 2.05) is 4.90 Å². The number of carbonyl (C=O) groups is 2. The van der Waals surface area contributed by atoms with Gasteiger partial charge in [-0.1, -0.05) is 6.92 Å². The molecule has 2 heterocycles. The summed E-state index contributed by atoms with van der Waals surface area (Å²) in [4.78, 5) is 29.8. The topological polar surface area (TPSA) is 70.5 Å². The molecular formula is C15H20N2O3S. The van der Waals surface area contributed by atoms with Crippen LogP contribution in [0.2, 0.25) is 0 Å². The molecule has 1 aliphatic heterocycles. The highest BCUT2D eigenvalue weighted by atomic mass is 32.1. The summed E-state index contributed by atoms with van der Waals surface area (Å²) in [6.45, 7) is 3.54. The van der Waals surface area contributed by atoms with E-state index in [1.54, 1.807) is 11.3 Å². The molecule has 1 amide bonds. The Morgan fingerprint density at radius 2 is 2.29 bits per heavy atom. The number of piperidine rings is 1. The standard InChI is InChI=1S/C15H20N2O3S/c1-2-10-8-21-13(16-10)9-4-3-5-17(7-9)14(18)11-6-12(11)15(19)20/h8-9,11-12H,2-7H2,1H3,(H,19,20). The molecule has 2 aliphatic rings. The van der Waals surface area contributed by atoms with Crippen molar-refractivity contribution in [3.8, 4) is 0 Å². The van der Waals surface area contributed by atoms with Crippen molar-refractivity contribution in [2.75, 3.05) is 13.1 Å². The third kappa shape index (κ3) is 2.95. The van der Waals surface area contributed by atoms with Crippen molar-refractivity contribution in [2.24, 2.45) is 11.8 Å². The third-order valence-electron chi connectivity index (χ3n) is 4.44. The van der Waals surface area contributed by atoms with Crippen molar-refractivity contribution in [3.05, 3.63) is 16.1 Å². The molecule has 114 valence electrons. The van der Waals surface area contributed by atoms with E-state index in [9.17, 15) is 9.59 Å². The minimum absolute atomic E-state index is 0.0272. The first-order chi connectivity index (χ1) is 10.1. The molecule has 0 radical (unpaired) electrons. The van der Waals surface area contributed by atoms with Crippen LogP contribution in [0.5, 0.6) is 0 Å². The van der Waals surface area contributed by atoms with Gasteiger partial charge < -0.3 is 10.0 Å². The summed E-state index contributed by atoms with van der Waals surface area (Å²) in [5.41, 5.74) is 1.12. The molecule has 0 bridgehead atoms. The van der Waals surface area contributed by atoms with Gasteiger partial charge in [0, 0.05) is 24.4 Å². The quantitative estimate of drug-likeness (QED) is 0.925. The highest BCUT2D eigenvalue weighted by molar-refractivity contribution is 7.09. The molecule has 21 heavy (non-hydrogen) atoms. The largest absolute Gasteiger partial charge is 0.481 e. The predicted octanol–water partition coefficient (Wildman–Crippen LogP) is 2.13. The summed E-state index contributed by atoms with van der Waals surface area (Å²) in [6, 6.07) is 0. The van der Waals surface area contributed by atoms with Gasteiger partial charge in [-0.2, -0.15) is 0 Å². The Bertz CT molecular complexity index is 557. The SMILES string of the molecule is CCc1csc(C2CCCN(C(=O)C3CC3C(=O)O)C2)n1. The molecule has 1 N–H and O–H groups in total. The van der Waals surface area contributed by atoms with Crippen molar-refractivity contribution < 1.29 is 14.7 Å². The fourth-order valence-electron chi connectivity index (χ4n) is 3.03. The minimum atomic E-state index is -0.838. The summed E-state index contributed by atoms with van der Waals surface area (Å²) in [5, 5.41) is 12.2. The molecule has 2 fully saturated rings. The van der Waals surface area contributed by atoms with Crippen LogP contribution in [0, 0.1) is 11.8 Å². The minimum Gasteiger partial charge on any atom is -0.481 e. The lowest BCUT2D eigenvalue weighted by atomic mass is 9.98. The number of rotatable bonds is 4. The van der Waals surface area contributed by atoms with E-state index < -0.39 is 11.9 Å². The molecule has 1 saturated heterocycles. The summed E-state index contributed by atoms with van der Waals surface area (Å²) in [7, 11) is 0. The van der Waals surface area contributed by atoms with Gasteiger partial charge in [0.2, 0.25) is 5.91 Å². The Morgan fingerprint density at radius 3 is 2.90 bits per heavy atom. The number of aliphatic carboxylic acids is 1. The van der Waals surface area contributed by atoms with Crippen LogP contribution in [-0.2, 0) is 16.0 Å². The van der Waals surface area contributed by atoms with E-state index in [4.69, 9.17) is 5.11 Å². The summed E-state index contributed by atoms with van der Waals surface area (Å²) < 4.78 is 0. The lowest BCUT2D eigenvalue weighted by molar-refractivity contribution is -0.142. The number of carboxylic acid groups (broad SMARTS) is 1. The fourth-order valence-corrected chi connectivity index (χ4v) is 4.06. The van der Waals surface area contributed by atoms with Crippen molar-refractivity contribution in [1.82, 2.24) is 9.88 Å². The maximum atomic E-state index is 12.4. The normalized spacial score (nSPS) is 28.4. The monoisotopic (exact) mass is 308 g/mol. The molecule has 0 spiro atoms. The molecule has 3 atom stereocenters. The Labute approximate surface area is 128 Å². The lowest BCUT2D eigenvalue weighted by Crippen LogP contribution is -2.40. The van der Waals surface area contributed by atoms with E-state index in [2.05, 4.69) is 17.3 Å². The molecule has 1 aliphatic carbocycles. The Hall–Kier alpha value is -1.43. The summed E-state index contributed by atoms with van der Waals surface area (Å²) >= 11 is 1.68. The number of hydrogen-bond donors (Lipinski definition) is 1. The van der Waals surface area contributed by atoms with Crippen LogP contribution >= 0.6 is 11.3 Å². The molecule has 3 unspecified atom stereocenters. The maximum Gasteiger partial charge on any atom is 0.307 e. The van der Waals surface area contributed by atoms with Crippen LogP contribution in [0.1, 0.15) is 42.8 Å². The van der Waals surface area contributed by atoms with E-state index in [-0.39, 0.29) is 11.8 Å². The second-order valence-corrected chi connectivity index (χ2v) is 6.83. The molecular weight excluding hydrogens is 288 g/mol. The zero-order valence-corrected chi connectivity index (χ0v) is 12.9. The maximum absolute atomic E-state index is 12.4. The van der Waals surface area contributed by atoms with Gasteiger partial charge in [-0.3, -0.25) is 9.59 Å². The van der Waals surface area contributed by atoms with Crippen LogP contribution in [0.4, 0.5) is 0 Å². The van der Waals surface area contributed by atoms with E-state index in [1.165, 1.54) is 0 Å². The average Bonchev–Trinajstić information content (AvgIpc) is 3.16. The second kappa shape index (κ2) is 5.75. The molecule has 6 heteroatoms. The predicted molar refractivity (Wildman–Crippen MR) is 79.3 cm³/mol. The highest BCUT2D eigenvalue weighted by Gasteiger charge is 2.50. The molecule has 1 saturated carbocycles. The van der Waals surface area contributed by atoms with E-state index in [0.717, 1.165) is 36.5 Å². The van der Waals surface area contributed by atoms with Crippen molar-refractivity contribution in [2.45, 2.75) is 38.5 Å². The zero-order valence-electron chi connectivity index (χ0n) is 12.1. The fraction of sp³-hybridized carbons (Fsp3) is 0.667. The number of aromatic nitrogens is 1. The van der Waals surface area contributed by atoms with Crippen molar-refractivity contribution >= 4 is 23.2 Å². The van der Waals surface area contributed by atoms with Gasteiger partial charge in [0.15, 0.2) is 0 Å². The Kier molecular flexibility index (Phi) is 3.97. The van der Waals surface area contributed by atoms with Crippen LogP contribution < -0.4 is 0 Å². The van der Waals surface area contributed by atoms with Gasteiger partial charge in [-0.05, 0) is 25.7 Å². The number of carbonyl (C=O) groups excluding carboxylic acids is 1. The summed E-state index contributed by atoms with van der Waals surface area (Å²) in [6.07, 6.45) is 3.48. The van der Waals surface area contributed by atoms with E-state index in [0.29, 0.717) is 18.9 Å². The number of carboxylic acids is 1. The zero-order chi connectivity index (χ0) is 15.0. The second-order valence-electron chi connectivity index (χ2n) is 5.94. The number of aryl methyl sites for hydroxylation is 1. The lowest BCUT2D eigenvalue weighted by Gasteiger charge is -2.32. The Balaban J connectivity index is 1.63. The number of nitrogens with zero attached hydrogens (tertiary/aromatic N) is 2. The van der Waals surface area contributed by atoms with Gasteiger partial charge in [0.1, 0.15) is 0 Å². The Morgan fingerprint density at radius 1 is 1.48 bits per heavy atom. The third-order valence-corrected chi connectivity index (χ3v) is 5.49. The number of hydrogen-bond acceptors (Lipinski definition) is 4. The number of amides is 1. The van der Waals surface area contributed by atoms with Gasteiger partial charge in [-0.25, -0.2) is 4.98 Å². The molecule has 5 nitrogen and oxygen atoms in total. The summed E-state index contributed by atoms with van der Waals surface area (Å²) in [5.74, 6) is -1.24. The van der Waals surface area contributed by atoms with Gasteiger partial charge in [0.25, 0.3) is 0 Å². The smallest absolute Gasteiger partial charge is 0.307 e. The van der Waals surface area contributed by atoms with Gasteiger partial charge >= 0.3 is 5.97 Å². The first-order valence-corrected chi connectivity index (χ1v) is 8.44.